The number of carboxylic acid groups (broad SMARTS) is 1. The molecule has 18 heavy (non-hydrogen) atoms. The number of carbonyl (C=O) groups is 1. The molecule has 0 atom stereocenters. The van der Waals surface area contributed by atoms with Crippen LogP contribution in [-0.4, -0.2) is 43.8 Å². The first-order valence-electron chi connectivity index (χ1n) is 6.35. The van der Waals surface area contributed by atoms with Gasteiger partial charge in [0.2, 0.25) is 0 Å². The van der Waals surface area contributed by atoms with E-state index in [4.69, 9.17) is 5.11 Å². The fraction of sp³-hybridized carbons (Fsp3) is 0.750. The average Bonchev–Trinajstić information content (AvgIpc) is 2.61. The predicted molar refractivity (Wildman–Crippen MR) is 65.9 cm³/mol. The van der Waals surface area contributed by atoms with E-state index in [9.17, 15) is 4.79 Å². The maximum absolute atomic E-state index is 10.6. The van der Waals surface area contributed by atoms with Gasteiger partial charge < -0.3 is 5.11 Å². The van der Waals surface area contributed by atoms with Crippen LogP contribution in [0, 0.1) is 11.8 Å². The highest BCUT2D eigenvalue weighted by atomic mass is 16.4. The van der Waals surface area contributed by atoms with Crippen LogP contribution in [-0.2, 0) is 17.9 Å². The molecule has 1 N–H and O–H groups in total. The SMILES string of the molecule is CC(C)Cn1ncnc1CN1CC(CC(=O)O)C1. The van der Waals surface area contributed by atoms with Gasteiger partial charge in [-0.15, -0.1) is 0 Å². The molecule has 0 aliphatic carbocycles. The quantitative estimate of drug-likeness (QED) is 0.812. The van der Waals surface area contributed by atoms with Crippen molar-refractivity contribution >= 4 is 5.97 Å². The normalized spacial score (nSPS) is 17.1. The van der Waals surface area contributed by atoms with Crippen LogP contribution in [0.2, 0.25) is 0 Å². The highest BCUT2D eigenvalue weighted by Gasteiger charge is 2.29. The Morgan fingerprint density at radius 3 is 2.89 bits per heavy atom. The summed E-state index contributed by atoms with van der Waals surface area (Å²) in [4.78, 5) is 17.0. The van der Waals surface area contributed by atoms with E-state index in [1.54, 1.807) is 6.33 Å². The van der Waals surface area contributed by atoms with E-state index in [1.807, 2.05) is 4.68 Å². The first-order valence-corrected chi connectivity index (χ1v) is 6.35. The molecule has 1 aliphatic heterocycles. The number of carboxylic acids is 1. The molecule has 0 unspecified atom stereocenters. The van der Waals surface area contributed by atoms with E-state index >= 15 is 0 Å². The van der Waals surface area contributed by atoms with E-state index in [0.29, 0.717) is 11.8 Å². The largest absolute Gasteiger partial charge is 0.481 e. The summed E-state index contributed by atoms with van der Waals surface area (Å²) < 4.78 is 1.94. The lowest BCUT2D eigenvalue weighted by Gasteiger charge is -2.38. The molecule has 6 nitrogen and oxygen atoms in total. The van der Waals surface area contributed by atoms with E-state index in [2.05, 4.69) is 28.8 Å². The molecule has 0 radical (unpaired) electrons. The molecule has 1 aromatic heterocycles. The molecule has 1 aromatic rings. The number of likely N-dealkylation sites (tertiary alicyclic amines) is 1. The summed E-state index contributed by atoms with van der Waals surface area (Å²) in [5.41, 5.74) is 0. The van der Waals surface area contributed by atoms with Crippen LogP contribution in [0.25, 0.3) is 0 Å². The molecule has 0 spiro atoms. The van der Waals surface area contributed by atoms with Crippen LogP contribution in [0.4, 0.5) is 0 Å². The third kappa shape index (κ3) is 3.29. The smallest absolute Gasteiger partial charge is 0.303 e. The zero-order valence-electron chi connectivity index (χ0n) is 10.9. The summed E-state index contributed by atoms with van der Waals surface area (Å²) in [5.74, 6) is 1.10. The van der Waals surface area contributed by atoms with Crippen molar-refractivity contribution in [2.24, 2.45) is 11.8 Å². The van der Waals surface area contributed by atoms with E-state index < -0.39 is 5.97 Å². The highest BCUT2D eigenvalue weighted by molar-refractivity contribution is 5.67. The van der Waals surface area contributed by atoms with Crippen molar-refractivity contribution in [1.82, 2.24) is 19.7 Å². The van der Waals surface area contributed by atoms with E-state index in [1.165, 1.54) is 0 Å². The molecule has 0 amide bonds. The van der Waals surface area contributed by atoms with Crippen molar-refractivity contribution in [1.29, 1.82) is 0 Å². The van der Waals surface area contributed by atoms with Gasteiger partial charge in [0.1, 0.15) is 12.2 Å². The number of hydrogen-bond acceptors (Lipinski definition) is 4. The van der Waals surface area contributed by atoms with Crippen LogP contribution in [0.15, 0.2) is 6.33 Å². The van der Waals surface area contributed by atoms with Crippen LogP contribution in [0.5, 0.6) is 0 Å². The topological polar surface area (TPSA) is 71.2 Å². The third-order valence-corrected chi connectivity index (χ3v) is 3.09. The van der Waals surface area contributed by atoms with Crippen LogP contribution < -0.4 is 0 Å². The highest BCUT2D eigenvalue weighted by Crippen LogP contribution is 2.20. The molecule has 2 rings (SSSR count). The maximum Gasteiger partial charge on any atom is 0.303 e. The van der Waals surface area contributed by atoms with Gasteiger partial charge in [0.15, 0.2) is 0 Å². The van der Waals surface area contributed by atoms with E-state index in [0.717, 1.165) is 32.0 Å². The van der Waals surface area contributed by atoms with Gasteiger partial charge in [-0.2, -0.15) is 5.10 Å². The van der Waals surface area contributed by atoms with Gasteiger partial charge in [-0.25, -0.2) is 9.67 Å². The van der Waals surface area contributed by atoms with Crippen molar-refractivity contribution in [3.63, 3.8) is 0 Å². The zero-order valence-corrected chi connectivity index (χ0v) is 10.9. The standard InChI is InChI=1S/C12H20N4O2/c1-9(2)4-16-11(13-8-14-16)7-15-5-10(6-15)3-12(17)18/h8-10H,3-7H2,1-2H3,(H,17,18). The van der Waals surface area contributed by atoms with Crippen molar-refractivity contribution in [2.75, 3.05) is 13.1 Å². The molecular formula is C12H20N4O2. The average molecular weight is 252 g/mol. The lowest BCUT2D eigenvalue weighted by atomic mass is 9.96. The number of nitrogens with zero attached hydrogens (tertiary/aromatic N) is 4. The van der Waals surface area contributed by atoms with Gasteiger partial charge in [0.05, 0.1) is 13.0 Å². The number of aromatic nitrogens is 3. The van der Waals surface area contributed by atoms with Crippen molar-refractivity contribution in [2.45, 2.75) is 33.4 Å². The number of rotatable bonds is 6. The Balaban J connectivity index is 1.81. The van der Waals surface area contributed by atoms with Crippen LogP contribution in [0.3, 0.4) is 0 Å². The second-order valence-electron chi connectivity index (χ2n) is 5.41. The molecule has 0 bridgehead atoms. The molecule has 1 saturated heterocycles. The van der Waals surface area contributed by atoms with Gasteiger partial charge >= 0.3 is 5.97 Å². The minimum absolute atomic E-state index is 0.273. The summed E-state index contributed by atoms with van der Waals surface area (Å²) >= 11 is 0. The molecule has 1 aliphatic rings. The van der Waals surface area contributed by atoms with Crippen LogP contribution >= 0.6 is 0 Å². The summed E-state index contributed by atoms with van der Waals surface area (Å²) in [5, 5.41) is 12.9. The number of hydrogen-bond donors (Lipinski definition) is 1. The van der Waals surface area contributed by atoms with Gasteiger partial charge in [0, 0.05) is 19.6 Å². The fourth-order valence-corrected chi connectivity index (χ4v) is 2.29. The Kier molecular flexibility index (Phi) is 3.96. The first kappa shape index (κ1) is 13.0. The maximum atomic E-state index is 10.6. The third-order valence-electron chi connectivity index (χ3n) is 3.09. The second kappa shape index (κ2) is 5.48. The minimum atomic E-state index is -0.706. The second-order valence-corrected chi connectivity index (χ2v) is 5.41. The lowest BCUT2D eigenvalue weighted by Crippen LogP contribution is -2.47. The van der Waals surface area contributed by atoms with Crippen molar-refractivity contribution < 1.29 is 9.90 Å². The minimum Gasteiger partial charge on any atom is -0.481 e. The Bertz CT molecular complexity index is 410. The molecule has 1 fully saturated rings. The Morgan fingerprint density at radius 1 is 1.56 bits per heavy atom. The molecule has 2 heterocycles. The molecular weight excluding hydrogens is 232 g/mol. The van der Waals surface area contributed by atoms with Gasteiger partial charge in [-0.3, -0.25) is 9.69 Å². The van der Waals surface area contributed by atoms with Crippen molar-refractivity contribution in [3.8, 4) is 0 Å². The predicted octanol–water partition coefficient (Wildman–Crippen LogP) is 0.841. The van der Waals surface area contributed by atoms with Crippen LogP contribution in [0.1, 0.15) is 26.1 Å². The van der Waals surface area contributed by atoms with Gasteiger partial charge in [-0.05, 0) is 11.8 Å². The zero-order chi connectivity index (χ0) is 13.1. The Labute approximate surface area is 107 Å². The van der Waals surface area contributed by atoms with Gasteiger partial charge in [0.25, 0.3) is 0 Å². The van der Waals surface area contributed by atoms with Gasteiger partial charge in [-0.1, -0.05) is 13.8 Å². The van der Waals surface area contributed by atoms with Crippen molar-refractivity contribution in [3.05, 3.63) is 12.2 Å². The summed E-state index contributed by atoms with van der Waals surface area (Å²) in [6, 6.07) is 0. The first-order chi connectivity index (χ1) is 8.54. The monoisotopic (exact) mass is 252 g/mol. The molecule has 0 saturated carbocycles. The summed E-state index contributed by atoms with van der Waals surface area (Å²) in [6.07, 6.45) is 1.86. The van der Waals surface area contributed by atoms with E-state index in [-0.39, 0.29) is 6.42 Å². The molecule has 0 aromatic carbocycles. The summed E-state index contributed by atoms with van der Waals surface area (Å²) in [6.45, 7) is 7.64. The molecule has 6 heteroatoms. The Hall–Kier alpha value is -1.43. The molecule has 100 valence electrons. The number of aliphatic carboxylic acids is 1. The Morgan fingerprint density at radius 2 is 2.28 bits per heavy atom. The fourth-order valence-electron chi connectivity index (χ4n) is 2.29. The lowest BCUT2D eigenvalue weighted by molar-refractivity contribution is -0.139. The summed E-state index contributed by atoms with van der Waals surface area (Å²) in [7, 11) is 0.